The summed E-state index contributed by atoms with van der Waals surface area (Å²) in [6, 6.07) is 0. The van der Waals surface area contributed by atoms with Gasteiger partial charge in [-0.3, -0.25) is 10.1 Å². The first-order valence-electron chi connectivity index (χ1n) is 2.77. The second-order valence-electron chi connectivity index (χ2n) is 1.60. The van der Waals surface area contributed by atoms with Gasteiger partial charge in [0.15, 0.2) is 0 Å². The van der Waals surface area contributed by atoms with E-state index in [4.69, 9.17) is 5.73 Å². The van der Waals surface area contributed by atoms with E-state index >= 15 is 0 Å². The van der Waals surface area contributed by atoms with Gasteiger partial charge in [0.2, 0.25) is 6.20 Å². The largest absolute Gasteiger partial charge is 0.330 e. The van der Waals surface area contributed by atoms with Gasteiger partial charge in [0.1, 0.15) is 0 Å². The van der Waals surface area contributed by atoms with Crippen LogP contribution in [0, 0.1) is 10.1 Å². The number of allylic oxidation sites excluding steroid dienone is 1. The molecular formula is C5H10N2O2. The van der Waals surface area contributed by atoms with E-state index in [0.29, 0.717) is 13.0 Å². The molecule has 4 nitrogen and oxygen atoms in total. The van der Waals surface area contributed by atoms with Crippen molar-refractivity contribution >= 4 is 0 Å². The molecule has 0 spiro atoms. The number of hydrogen-bond donors (Lipinski definition) is 1. The highest BCUT2D eigenvalue weighted by atomic mass is 16.6. The van der Waals surface area contributed by atoms with Gasteiger partial charge in [0.25, 0.3) is 0 Å². The highest BCUT2D eigenvalue weighted by molar-refractivity contribution is 4.71. The van der Waals surface area contributed by atoms with E-state index in [1.807, 2.05) is 0 Å². The Hall–Kier alpha value is -0.900. The number of hydrogen-bond acceptors (Lipinski definition) is 3. The zero-order chi connectivity index (χ0) is 7.11. The van der Waals surface area contributed by atoms with Crippen LogP contribution in [-0.4, -0.2) is 11.5 Å². The summed E-state index contributed by atoms with van der Waals surface area (Å²) in [6.07, 6.45) is 3.95. The number of nitrogens with two attached hydrogens (primary N) is 1. The molecular weight excluding hydrogens is 120 g/mol. The molecule has 0 aliphatic carbocycles. The molecule has 0 fully saturated rings. The Morgan fingerprint density at radius 1 is 1.67 bits per heavy atom. The van der Waals surface area contributed by atoms with Gasteiger partial charge in [-0.1, -0.05) is 0 Å². The van der Waals surface area contributed by atoms with Crippen molar-refractivity contribution in [3.8, 4) is 0 Å². The second kappa shape index (κ2) is 5.24. The third kappa shape index (κ3) is 7.10. The van der Waals surface area contributed by atoms with Crippen LogP contribution < -0.4 is 5.73 Å². The van der Waals surface area contributed by atoms with Crippen molar-refractivity contribution in [2.75, 3.05) is 6.54 Å². The number of unbranched alkanes of at least 4 members (excludes halogenated alkanes) is 1. The fraction of sp³-hybridized carbons (Fsp3) is 0.600. The summed E-state index contributed by atoms with van der Waals surface area (Å²) in [6.45, 7) is 0.585. The first kappa shape index (κ1) is 8.10. The highest BCUT2D eigenvalue weighted by Crippen LogP contribution is 1.87. The van der Waals surface area contributed by atoms with Gasteiger partial charge in [-0.05, 0) is 25.5 Å². The van der Waals surface area contributed by atoms with E-state index < -0.39 is 4.92 Å². The maximum atomic E-state index is 9.65. The molecule has 52 valence electrons. The summed E-state index contributed by atoms with van der Waals surface area (Å²) in [5, 5.41) is 9.65. The van der Waals surface area contributed by atoms with Crippen molar-refractivity contribution in [2.45, 2.75) is 12.8 Å². The standard InChI is InChI=1S/C5H10N2O2/c6-4-2-1-3-5-7(8)9/h3,5H,1-2,4,6H2/b5-3+. The second-order valence-corrected chi connectivity index (χ2v) is 1.60. The molecule has 0 atom stereocenters. The topological polar surface area (TPSA) is 69.2 Å². The van der Waals surface area contributed by atoms with E-state index in [1.54, 1.807) is 0 Å². The smallest absolute Gasteiger partial charge is 0.230 e. The molecule has 0 amide bonds. The van der Waals surface area contributed by atoms with Gasteiger partial charge in [0, 0.05) is 0 Å². The Labute approximate surface area is 53.5 Å². The Kier molecular flexibility index (Phi) is 4.72. The molecule has 0 unspecified atom stereocenters. The van der Waals surface area contributed by atoms with Crippen molar-refractivity contribution in [3.63, 3.8) is 0 Å². The molecule has 0 aliphatic heterocycles. The molecule has 9 heavy (non-hydrogen) atoms. The van der Waals surface area contributed by atoms with E-state index in [9.17, 15) is 10.1 Å². The van der Waals surface area contributed by atoms with Crippen LogP contribution in [0.15, 0.2) is 12.3 Å². The molecule has 0 rings (SSSR count). The Morgan fingerprint density at radius 3 is 2.78 bits per heavy atom. The minimum atomic E-state index is -0.476. The predicted octanol–water partition coefficient (Wildman–Crippen LogP) is 0.516. The lowest BCUT2D eigenvalue weighted by Gasteiger charge is -1.84. The molecule has 0 bridgehead atoms. The molecule has 0 saturated carbocycles. The van der Waals surface area contributed by atoms with E-state index in [0.717, 1.165) is 12.6 Å². The molecule has 2 N–H and O–H groups in total. The predicted molar refractivity (Wildman–Crippen MR) is 34.4 cm³/mol. The minimum Gasteiger partial charge on any atom is -0.330 e. The third-order valence-corrected chi connectivity index (χ3v) is 0.802. The summed E-state index contributed by atoms with van der Waals surface area (Å²) in [5.74, 6) is 0. The summed E-state index contributed by atoms with van der Waals surface area (Å²) in [5.41, 5.74) is 5.14. The fourth-order valence-corrected chi connectivity index (χ4v) is 0.396. The molecule has 0 aliphatic rings. The molecule has 0 aromatic carbocycles. The Balaban J connectivity index is 3.15. The minimum absolute atomic E-state index is 0.476. The lowest BCUT2D eigenvalue weighted by atomic mass is 10.3. The van der Waals surface area contributed by atoms with Crippen LogP contribution in [0.2, 0.25) is 0 Å². The van der Waals surface area contributed by atoms with Gasteiger partial charge < -0.3 is 5.73 Å². The van der Waals surface area contributed by atoms with Crippen molar-refractivity contribution in [1.29, 1.82) is 0 Å². The zero-order valence-electron chi connectivity index (χ0n) is 5.12. The summed E-state index contributed by atoms with van der Waals surface area (Å²) >= 11 is 0. The van der Waals surface area contributed by atoms with Crippen molar-refractivity contribution in [1.82, 2.24) is 0 Å². The van der Waals surface area contributed by atoms with Gasteiger partial charge in [-0.25, -0.2) is 0 Å². The first-order chi connectivity index (χ1) is 4.27. The maximum Gasteiger partial charge on any atom is 0.230 e. The number of nitro groups is 1. The normalized spacial score (nSPS) is 10.3. The van der Waals surface area contributed by atoms with Crippen LogP contribution >= 0.6 is 0 Å². The van der Waals surface area contributed by atoms with Gasteiger partial charge in [-0.15, -0.1) is 0 Å². The number of rotatable bonds is 4. The fourth-order valence-electron chi connectivity index (χ4n) is 0.396. The van der Waals surface area contributed by atoms with Gasteiger partial charge in [0.05, 0.1) is 4.92 Å². The summed E-state index contributed by atoms with van der Waals surface area (Å²) in [4.78, 5) is 9.17. The van der Waals surface area contributed by atoms with Crippen LogP contribution in [0.3, 0.4) is 0 Å². The molecule has 0 heterocycles. The third-order valence-electron chi connectivity index (χ3n) is 0.802. The van der Waals surface area contributed by atoms with Crippen molar-refractivity contribution < 1.29 is 4.92 Å². The van der Waals surface area contributed by atoms with Crippen LogP contribution in [0.5, 0.6) is 0 Å². The summed E-state index contributed by atoms with van der Waals surface area (Å²) < 4.78 is 0. The lowest BCUT2D eigenvalue weighted by Crippen LogP contribution is -1.96. The SMILES string of the molecule is NCCC/C=C/[N+](=O)[O-]. The van der Waals surface area contributed by atoms with Crippen molar-refractivity contribution in [3.05, 3.63) is 22.4 Å². The van der Waals surface area contributed by atoms with Gasteiger partial charge >= 0.3 is 0 Å². The van der Waals surface area contributed by atoms with E-state index in [1.165, 1.54) is 6.08 Å². The molecule has 0 saturated heterocycles. The monoisotopic (exact) mass is 130 g/mol. The average molecular weight is 130 g/mol. The quantitative estimate of drug-likeness (QED) is 0.342. The van der Waals surface area contributed by atoms with Crippen LogP contribution in [0.4, 0.5) is 0 Å². The maximum absolute atomic E-state index is 9.65. The summed E-state index contributed by atoms with van der Waals surface area (Å²) in [7, 11) is 0. The van der Waals surface area contributed by atoms with E-state index in [-0.39, 0.29) is 0 Å². The Bertz CT molecular complexity index is 112. The average Bonchev–Trinajstić information content (AvgIpc) is 1.80. The number of nitrogens with zero attached hydrogens (tertiary/aromatic N) is 1. The van der Waals surface area contributed by atoms with Crippen LogP contribution in [0.25, 0.3) is 0 Å². The lowest BCUT2D eigenvalue weighted by molar-refractivity contribution is -0.402. The van der Waals surface area contributed by atoms with E-state index in [2.05, 4.69) is 0 Å². The highest BCUT2D eigenvalue weighted by Gasteiger charge is 1.83. The zero-order valence-corrected chi connectivity index (χ0v) is 5.12. The molecule has 4 heteroatoms. The van der Waals surface area contributed by atoms with Gasteiger partial charge in [-0.2, -0.15) is 0 Å². The molecule has 0 aromatic heterocycles. The Morgan fingerprint density at radius 2 is 2.33 bits per heavy atom. The van der Waals surface area contributed by atoms with Crippen LogP contribution in [0.1, 0.15) is 12.8 Å². The first-order valence-corrected chi connectivity index (χ1v) is 2.77. The molecule has 0 aromatic rings. The van der Waals surface area contributed by atoms with Crippen LogP contribution in [-0.2, 0) is 0 Å². The van der Waals surface area contributed by atoms with Crippen molar-refractivity contribution in [2.24, 2.45) is 5.73 Å². The molecule has 0 radical (unpaired) electrons.